The lowest BCUT2D eigenvalue weighted by Gasteiger charge is -1.99. The number of hydrogen-bond acceptors (Lipinski definition) is 0. The Labute approximate surface area is 78.1 Å². The topological polar surface area (TPSA) is 0 Å². The first-order valence-electron chi connectivity index (χ1n) is 3.53. The second-order valence-corrected chi connectivity index (χ2v) is 3.30. The molecule has 0 aliphatic carbocycles. The van der Waals surface area contributed by atoms with Gasteiger partial charge in [0.05, 0.1) is 4.47 Å². The van der Waals surface area contributed by atoms with Crippen LogP contribution >= 0.6 is 15.9 Å². The van der Waals surface area contributed by atoms with Crippen LogP contribution in [0, 0.1) is 11.9 Å². The van der Waals surface area contributed by atoms with Crippen LogP contribution in [0.2, 0.25) is 0 Å². The first-order chi connectivity index (χ1) is 5.79. The molecule has 2 heteroatoms. The van der Waals surface area contributed by atoms with Gasteiger partial charge in [0.2, 0.25) is 0 Å². The van der Waals surface area contributed by atoms with E-state index in [1.807, 2.05) is 24.3 Å². The Bertz CT molecular complexity index is 423. The largest absolute Gasteiger partial charge is 0.205 e. The Morgan fingerprint density at radius 1 is 1.25 bits per heavy atom. The fraction of sp³-hybridized carbons (Fsp3) is 0. The summed E-state index contributed by atoms with van der Waals surface area (Å²) in [6.45, 7) is 0. The van der Waals surface area contributed by atoms with Gasteiger partial charge in [-0.25, -0.2) is 4.39 Å². The molecule has 2 rings (SSSR count). The molecule has 2 aromatic rings. The van der Waals surface area contributed by atoms with Gasteiger partial charge < -0.3 is 0 Å². The second-order valence-electron chi connectivity index (χ2n) is 2.50. The summed E-state index contributed by atoms with van der Waals surface area (Å²) >= 11 is 3.17. The molecule has 0 heterocycles. The molecule has 12 heavy (non-hydrogen) atoms. The standard InChI is InChI=1S/C10H5BrF/c11-10-8-4-2-1-3-7(8)5-6-9(10)12/h1-5H. The third-order valence-corrected chi connectivity index (χ3v) is 2.52. The first kappa shape index (κ1) is 7.74. The molecule has 0 fully saturated rings. The molecule has 0 unspecified atom stereocenters. The zero-order valence-corrected chi connectivity index (χ0v) is 7.73. The highest BCUT2D eigenvalue weighted by Gasteiger charge is 2.02. The molecule has 0 spiro atoms. The van der Waals surface area contributed by atoms with Crippen molar-refractivity contribution in [3.8, 4) is 0 Å². The predicted octanol–water partition coefficient (Wildman–Crippen LogP) is 3.54. The van der Waals surface area contributed by atoms with E-state index in [2.05, 4.69) is 22.0 Å². The summed E-state index contributed by atoms with van der Waals surface area (Å²) in [4.78, 5) is 0. The fourth-order valence-corrected chi connectivity index (χ4v) is 1.62. The molecule has 0 saturated heterocycles. The lowest BCUT2D eigenvalue weighted by atomic mass is 10.1. The highest BCUT2D eigenvalue weighted by atomic mass is 79.9. The lowest BCUT2D eigenvalue weighted by molar-refractivity contribution is 0.621. The number of fused-ring (bicyclic) bond motifs is 1. The number of halogens is 2. The molecule has 0 nitrogen and oxygen atoms in total. The van der Waals surface area contributed by atoms with Crippen LogP contribution in [-0.4, -0.2) is 0 Å². The van der Waals surface area contributed by atoms with Crippen LogP contribution in [0.5, 0.6) is 0 Å². The van der Waals surface area contributed by atoms with E-state index in [0.717, 1.165) is 10.8 Å². The number of benzene rings is 2. The summed E-state index contributed by atoms with van der Waals surface area (Å²) in [6.07, 6.45) is 0. The monoisotopic (exact) mass is 223 g/mol. The molecular weight excluding hydrogens is 219 g/mol. The molecule has 0 atom stereocenters. The lowest BCUT2D eigenvalue weighted by Crippen LogP contribution is -1.79. The Hall–Kier alpha value is -0.890. The Kier molecular flexibility index (Phi) is 1.85. The van der Waals surface area contributed by atoms with Crippen LogP contribution in [0.15, 0.2) is 34.8 Å². The van der Waals surface area contributed by atoms with Crippen molar-refractivity contribution in [2.45, 2.75) is 0 Å². The van der Waals surface area contributed by atoms with Crippen molar-refractivity contribution in [3.63, 3.8) is 0 Å². The smallest absolute Gasteiger partial charge is 0.145 e. The van der Waals surface area contributed by atoms with Gasteiger partial charge in [-0.3, -0.25) is 0 Å². The van der Waals surface area contributed by atoms with Crippen molar-refractivity contribution in [2.75, 3.05) is 0 Å². The second kappa shape index (κ2) is 2.87. The molecule has 0 bridgehead atoms. The quantitative estimate of drug-likeness (QED) is 0.641. The summed E-state index contributed by atoms with van der Waals surface area (Å²) in [5.74, 6) is -0.339. The van der Waals surface area contributed by atoms with Crippen LogP contribution in [0.1, 0.15) is 0 Å². The average molecular weight is 224 g/mol. The molecule has 2 aromatic carbocycles. The van der Waals surface area contributed by atoms with E-state index in [4.69, 9.17) is 0 Å². The normalized spacial score (nSPS) is 10.5. The maximum absolute atomic E-state index is 12.9. The SMILES string of the molecule is Fc1[c]cc2ccccc2c1Br. The van der Waals surface area contributed by atoms with Crippen LogP contribution in [0.25, 0.3) is 10.8 Å². The predicted molar refractivity (Wildman–Crippen MR) is 50.4 cm³/mol. The van der Waals surface area contributed by atoms with Gasteiger partial charge in [0, 0.05) is 6.07 Å². The van der Waals surface area contributed by atoms with E-state index in [1.54, 1.807) is 6.07 Å². The Morgan fingerprint density at radius 3 is 2.83 bits per heavy atom. The van der Waals surface area contributed by atoms with E-state index in [1.165, 1.54) is 0 Å². The fourth-order valence-electron chi connectivity index (χ4n) is 1.15. The van der Waals surface area contributed by atoms with Crippen LogP contribution < -0.4 is 0 Å². The van der Waals surface area contributed by atoms with Crippen LogP contribution in [-0.2, 0) is 0 Å². The summed E-state index contributed by atoms with van der Waals surface area (Å²) in [5, 5.41) is 1.87. The van der Waals surface area contributed by atoms with Gasteiger partial charge >= 0.3 is 0 Å². The van der Waals surface area contributed by atoms with Crippen molar-refractivity contribution in [1.29, 1.82) is 0 Å². The van der Waals surface area contributed by atoms with E-state index in [0.29, 0.717) is 4.47 Å². The van der Waals surface area contributed by atoms with Crippen molar-refractivity contribution in [2.24, 2.45) is 0 Å². The van der Waals surface area contributed by atoms with Gasteiger partial charge in [0.1, 0.15) is 5.82 Å². The molecule has 0 N–H and O–H groups in total. The summed E-state index contributed by atoms with van der Waals surface area (Å²) in [5.41, 5.74) is 0. The highest BCUT2D eigenvalue weighted by Crippen LogP contribution is 2.25. The van der Waals surface area contributed by atoms with E-state index >= 15 is 0 Å². The van der Waals surface area contributed by atoms with Crippen molar-refractivity contribution in [3.05, 3.63) is 46.7 Å². The van der Waals surface area contributed by atoms with Gasteiger partial charge in [-0.15, -0.1) is 0 Å². The van der Waals surface area contributed by atoms with Gasteiger partial charge in [0.25, 0.3) is 0 Å². The van der Waals surface area contributed by atoms with E-state index in [9.17, 15) is 4.39 Å². The summed E-state index contributed by atoms with van der Waals surface area (Å²) in [7, 11) is 0. The van der Waals surface area contributed by atoms with Crippen molar-refractivity contribution < 1.29 is 4.39 Å². The Morgan fingerprint density at radius 2 is 2.00 bits per heavy atom. The molecule has 59 valence electrons. The molecule has 1 radical (unpaired) electrons. The minimum Gasteiger partial charge on any atom is -0.205 e. The third-order valence-electron chi connectivity index (χ3n) is 1.74. The van der Waals surface area contributed by atoms with Gasteiger partial charge in [-0.2, -0.15) is 0 Å². The number of rotatable bonds is 0. The maximum atomic E-state index is 12.9. The van der Waals surface area contributed by atoms with E-state index in [-0.39, 0.29) is 5.82 Å². The number of hydrogen-bond donors (Lipinski definition) is 0. The maximum Gasteiger partial charge on any atom is 0.145 e. The summed E-state index contributed by atoms with van der Waals surface area (Å²) in [6, 6.07) is 11.8. The zero-order chi connectivity index (χ0) is 8.55. The Balaban J connectivity index is 2.91. The van der Waals surface area contributed by atoms with Crippen LogP contribution in [0.4, 0.5) is 4.39 Å². The molecular formula is C10H5BrF. The molecule has 0 saturated carbocycles. The van der Waals surface area contributed by atoms with Crippen LogP contribution in [0.3, 0.4) is 0 Å². The molecule has 0 amide bonds. The van der Waals surface area contributed by atoms with Gasteiger partial charge in [-0.1, -0.05) is 24.3 Å². The first-order valence-corrected chi connectivity index (χ1v) is 4.33. The zero-order valence-electron chi connectivity index (χ0n) is 6.14. The minimum absolute atomic E-state index is 0.339. The van der Waals surface area contributed by atoms with Gasteiger partial charge in [0.15, 0.2) is 0 Å². The molecule has 0 aromatic heterocycles. The highest BCUT2D eigenvalue weighted by molar-refractivity contribution is 9.10. The third kappa shape index (κ3) is 1.12. The molecule has 0 aliphatic rings. The van der Waals surface area contributed by atoms with Crippen molar-refractivity contribution in [1.82, 2.24) is 0 Å². The molecule has 0 aliphatic heterocycles. The van der Waals surface area contributed by atoms with Gasteiger partial charge in [-0.05, 0) is 32.8 Å². The summed E-state index contributed by atoms with van der Waals surface area (Å²) < 4.78 is 13.4. The van der Waals surface area contributed by atoms with Crippen molar-refractivity contribution >= 4 is 26.7 Å². The van der Waals surface area contributed by atoms with E-state index < -0.39 is 0 Å². The minimum atomic E-state index is -0.339. The average Bonchev–Trinajstić information content (AvgIpc) is 2.12.